The zero-order chi connectivity index (χ0) is 17.9. The number of hydrogen-bond donors (Lipinski definition) is 0. The van der Waals surface area contributed by atoms with E-state index in [1.165, 1.54) is 44.9 Å². The first-order chi connectivity index (χ1) is 11.7. The van der Waals surface area contributed by atoms with Gasteiger partial charge in [-0.3, -0.25) is 4.79 Å². The van der Waals surface area contributed by atoms with Gasteiger partial charge in [-0.1, -0.05) is 65.2 Å². The molecule has 0 aliphatic heterocycles. The molecule has 0 rings (SSSR count). The second-order valence-corrected chi connectivity index (χ2v) is 7.06. The highest BCUT2D eigenvalue weighted by Gasteiger charge is 2.07. The lowest BCUT2D eigenvalue weighted by Crippen LogP contribution is -2.28. The minimum Gasteiger partial charge on any atom is -0.466 e. The summed E-state index contributed by atoms with van der Waals surface area (Å²) in [5, 5.41) is 0. The summed E-state index contributed by atoms with van der Waals surface area (Å²) in [6.07, 6.45) is 14.0. The summed E-state index contributed by atoms with van der Waals surface area (Å²) in [6.45, 7) is 7.96. The van der Waals surface area contributed by atoms with Crippen LogP contribution < -0.4 is 0 Å². The molecular formula is C20H40ClNO2. The van der Waals surface area contributed by atoms with Gasteiger partial charge in [-0.05, 0) is 32.4 Å². The first-order valence-electron chi connectivity index (χ1n) is 10.2. The van der Waals surface area contributed by atoms with Gasteiger partial charge in [0.05, 0.1) is 6.61 Å². The summed E-state index contributed by atoms with van der Waals surface area (Å²) < 4.78 is 5.25. The highest BCUT2D eigenvalue weighted by Crippen LogP contribution is 2.08. The molecule has 0 saturated carbocycles. The first kappa shape index (κ1) is 23.7. The van der Waals surface area contributed by atoms with Crippen LogP contribution in [0.5, 0.6) is 0 Å². The second kappa shape index (κ2) is 19.1. The van der Waals surface area contributed by atoms with Gasteiger partial charge in [0.15, 0.2) is 0 Å². The largest absolute Gasteiger partial charge is 0.466 e. The van der Waals surface area contributed by atoms with Crippen LogP contribution in [0.3, 0.4) is 0 Å². The average Bonchev–Trinajstić information content (AvgIpc) is 2.58. The Morgan fingerprint density at radius 2 is 1.38 bits per heavy atom. The van der Waals surface area contributed by atoms with Crippen molar-refractivity contribution in [3.8, 4) is 0 Å². The summed E-state index contributed by atoms with van der Waals surface area (Å²) >= 11 is 5.90. The Morgan fingerprint density at radius 3 is 2.04 bits per heavy atom. The average molecular weight is 362 g/mol. The predicted octanol–water partition coefficient (Wildman–Crippen LogP) is 5.79. The van der Waals surface area contributed by atoms with Crippen molar-refractivity contribution in [2.45, 2.75) is 90.9 Å². The van der Waals surface area contributed by atoms with Gasteiger partial charge in [-0.25, -0.2) is 0 Å². The van der Waals surface area contributed by atoms with Crippen LogP contribution in [0.15, 0.2) is 0 Å². The number of carbonyl (C=O) groups is 1. The van der Waals surface area contributed by atoms with Crippen LogP contribution in [-0.2, 0) is 9.53 Å². The molecule has 0 aromatic carbocycles. The third-order valence-corrected chi connectivity index (χ3v) is 4.51. The summed E-state index contributed by atoms with van der Waals surface area (Å²) in [7, 11) is 0. The van der Waals surface area contributed by atoms with Crippen molar-refractivity contribution in [2.24, 2.45) is 0 Å². The van der Waals surface area contributed by atoms with Crippen molar-refractivity contribution < 1.29 is 9.53 Å². The molecule has 4 heteroatoms. The lowest BCUT2D eigenvalue weighted by Gasteiger charge is -2.21. The minimum absolute atomic E-state index is 0.0483. The molecule has 0 heterocycles. The fourth-order valence-corrected chi connectivity index (χ4v) is 3.04. The van der Waals surface area contributed by atoms with E-state index in [0.29, 0.717) is 18.9 Å². The zero-order valence-corrected chi connectivity index (χ0v) is 16.9. The number of hydrogen-bond acceptors (Lipinski definition) is 3. The number of esters is 1. The SMILES string of the molecule is CCCCCCCCCN(CCCl)CCCC(=O)OCCCCC. The normalized spacial score (nSPS) is 11.2. The van der Waals surface area contributed by atoms with Crippen molar-refractivity contribution in [1.82, 2.24) is 4.90 Å². The molecule has 0 unspecified atom stereocenters. The van der Waals surface area contributed by atoms with Gasteiger partial charge in [0, 0.05) is 18.8 Å². The third kappa shape index (κ3) is 16.6. The number of halogens is 1. The quantitative estimate of drug-likeness (QED) is 0.176. The Bertz CT molecular complexity index is 274. The molecule has 0 N–H and O–H groups in total. The van der Waals surface area contributed by atoms with E-state index in [-0.39, 0.29) is 5.97 Å². The van der Waals surface area contributed by atoms with Gasteiger partial charge in [-0.15, -0.1) is 11.6 Å². The summed E-state index contributed by atoms with van der Waals surface area (Å²) in [4.78, 5) is 14.1. The molecule has 0 fully saturated rings. The molecule has 0 bridgehead atoms. The fourth-order valence-electron chi connectivity index (χ4n) is 2.80. The highest BCUT2D eigenvalue weighted by atomic mass is 35.5. The molecule has 0 spiro atoms. The molecule has 3 nitrogen and oxygen atoms in total. The number of ether oxygens (including phenoxy) is 1. The van der Waals surface area contributed by atoms with Crippen molar-refractivity contribution in [3.63, 3.8) is 0 Å². The van der Waals surface area contributed by atoms with Gasteiger partial charge in [0.2, 0.25) is 0 Å². The summed E-state index contributed by atoms with van der Waals surface area (Å²) in [5.41, 5.74) is 0. The van der Waals surface area contributed by atoms with Crippen LogP contribution in [0, 0.1) is 0 Å². The van der Waals surface area contributed by atoms with Crippen molar-refractivity contribution >= 4 is 17.6 Å². The summed E-state index contributed by atoms with van der Waals surface area (Å²) in [6, 6.07) is 0. The van der Waals surface area contributed by atoms with E-state index in [1.54, 1.807) is 0 Å². The molecule has 0 atom stereocenters. The molecule has 24 heavy (non-hydrogen) atoms. The molecular weight excluding hydrogens is 322 g/mol. The lowest BCUT2D eigenvalue weighted by atomic mass is 10.1. The van der Waals surface area contributed by atoms with Crippen LogP contribution in [0.25, 0.3) is 0 Å². The lowest BCUT2D eigenvalue weighted by molar-refractivity contribution is -0.143. The maximum Gasteiger partial charge on any atom is 0.305 e. The highest BCUT2D eigenvalue weighted by molar-refractivity contribution is 6.18. The van der Waals surface area contributed by atoms with Gasteiger partial charge < -0.3 is 9.64 Å². The second-order valence-electron chi connectivity index (χ2n) is 6.68. The van der Waals surface area contributed by atoms with Crippen molar-refractivity contribution in [1.29, 1.82) is 0 Å². The Morgan fingerprint density at radius 1 is 0.792 bits per heavy atom. The van der Waals surface area contributed by atoms with Crippen molar-refractivity contribution in [2.75, 3.05) is 32.1 Å². The molecule has 0 aromatic rings. The van der Waals surface area contributed by atoms with E-state index in [1.807, 2.05) is 0 Å². The maximum atomic E-state index is 11.7. The van der Waals surface area contributed by atoms with E-state index in [4.69, 9.17) is 16.3 Å². The number of alkyl halides is 1. The van der Waals surface area contributed by atoms with Gasteiger partial charge >= 0.3 is 5.97 Å². The molecule has 0 aromatic heterocycles. The third-order valence-electron chi connectivity index (χ3n) is 4.34. The Hall–Kier alpha value is -0.280. The fraction of sp³-hybridized carbons (Fsp3) is 0.950. The molecule has 0 amide bonds. The molecule has 144 valence electrons. The Balaban J connectivity index is 3.62. The first-order valence-corrected chi connectivity index (χ1v) is 10.7. The monoisotopic (exact) mass is 361 g/mol. The van der Waals surface area contributed by atoms with Crippen LogP contribution in [0.2, 0.25) is 0 Å². The van der Waals surface area contributed by atoms with E-state index in [0.717, 1.165) is 45.3 Å². The van der Waals surface area contributed by atoms with Gasteiger partial charge in [-0.2, -0.15) is 0 Å². The van der Waals surface area contributed by atoms with E-state index < -0.39 is 0 Å². The minimum atomic E-state index is -0.0483. The molecule has 0 radical (unpaired) electrons. The number of carbonyl (C=O) groups excluding carboxylic acids is 1. The zero-order valence-electron chi connectivity index (χ0n) is 16.2. The van der Waals surface area contributed by atoms with E-state index in [2.05, 4.69) is 18.7 Å². The van der Waals surface area contributed by atoms with Crippen LogP contribution in [-0.4, -0.2) is 43.0 Å². The van der Waals surface area contributed by atoms with E-state index >= 15 is 0 Å². The van der Waals surface area contributed by atoms with Crippen molar-refractivity contribution in [3.05, 3.63) is 0 Å². The van der Waals surface area contributed by atoms with E-state index in [9.17, 15) is 4.79 Å². The maximum absolute atomic E-state index is 11.7. The number of rotatable bonds is 18. The number of nitrogens with zero attached hydrogens (tertiary/aromatic N) is 1. The van der Waals surface area contributed by atoms with Gasteiger partial charge in [0.25, 0.3) is 0 Å². The smallest absolute Gasteiger partial charge is 0.305 e. The number of unbranched alkanes of at least 4 members (excludes halogenated alkanes) is 8. The molecule has 0 aliphatic carbocycles. The van der Waals surface area contributed by atoms with Gasteiger partial charge in [0.1, 0.15) is 0 Å². The van der Waals surface area contributed by atoms with Crippen LogP contribution in [0.4, 0.5) is 0 Å². The van der Waals surface area contributed by atoms with Crippen LogP contribution >= 0.6 is 11.6 Å². The molecule has 0 aliphatic rings. The molecule has 0 saturated heterocycles. The summed E-state index contributed by atoms with van der Waals surface area (Å²) in [5.74, 6) is 0.616. The Labute approximate surface area is 155 Å². The standard InChI is InChI=1S/C20H40ClNO2/c1-3-5-7-8-9-10-11-16-22(18-15-21)17-13-14-20(23)24-19-12-6-4-2/h3-19H2,1-2H3. The van der Waals surface area contributed by atoms with Crippen LogP contribution in [0.1, 0.15) is 90.9 Å². The predicted molar refractivity (Wildman–Crippen MR) is 105 cm³/mol. The topological polar surface area (TPSA) is 29.5 Å². The Kier molecular flexibility index (Phi) is 18.8.